The van der Waals surface area contributed by atoms with E-state index in [-0.39, 0.29) is 5.60 Å². The normalized spacial score (nSPS) is 16.2. The third-order valence-corrected chi connectivity index (χ3v) is 3.26. The molecule has 1 N–H and O–H groups in total. The summed E-state index contributed by atoms with van der Waals surface area (Å²) in [4.78, 5) is 13.4. The van der Waals surface area contributed by atoms with Crippen molar-refractivity contribution in [1.29, 1.82) is 0 Å². The van der Waals surface area contributed by atoms with E-state index in [1.165, 1.54) is 0 Å². The van der Waals surface area contributed by atoms with E-state index in [1.807, 2.05) is 32.9 Å². The van der Waals surface area contributed by atoms with Crippen LogP contribution in [0.1, 0.15) is 42.3 Å². The maximum atomic E-state index is 11.2. The highest BCUT2D eigenvalue weighted by atomic mass is 16.5. The number of aromatic carboxylic acids is 1. The molecule has 0 bridgehead atoms. The highest BCUT2D eigenvalue weighted by Gasteiger charge is 2.22. The van der Waals surface area contributed by atoms with Crippen molar-refractivity contribution in [3.63, 3.8) is 0 Å². The van der Waals surface area contributed by atoms with Crippen LogP contribution in [0.25, 0.3) is 0 Å². The first-order valence-electron chi connectivity index (χ1n) is 6.57. The van der Waals surface area contributed by atoms with E-state index >= 15 is 0 Å². The molecular formula is C15H21NO3. The number of fused-ring (bicyclic) bond motifs is 1. The van der Waals surface area contributed by atoms with Crippen LogP contribution in [0.2, 0.25) is 0 Å². The van der Waals surface area contributed by atoms with E-state index in [4.69, 9.17) is 4.74 Å². The van der Waals surface area contributed by atoms with Gasteiger partial charge in [-0.3, -0.25) is 4.90 Å². The first-order valence-corrected chi connectivity index (χ1v) is 6.57. The predicted octanol–water partition coefficient (Wildman–Crippen LogP) is 2.52. The van der Waals surface area contributed by atoms with Gasteiger partial charge in [0.25, 0.3) is 0 Å². The Labute approximate surface area is 114 Å². The molecule has 0 aromatic heterocycles. The third-order valence-electron chi connectivity index (χ3n) is 3.26. The highest BCUT2D eigenvalue weighted by molar-refractivity contribution is 5.89. The van der Waals surface area contributed by atoms with Gasteiger partial charge in [0.15, 0.2) is 0 Å². The summed E-state index contributed by atoms with van der Waals surface area (Å²) < 4.78 is 5.76. The molecule has 0 amide bonds. The van der Waals surface area contributed by atoms with Crippen LogP contribution in [0.3, 0.4) is 0 Å². The molecule has 1 aromatic carbocycles. The van der Waals surface area contributed by atoms with Crippen molar-refractivity contribution in [3.8, 4) is 0 Å². The lowest BCUT2D eigenvalue weighted by atomic mass is 9.95. The number of ether oxygens (including phenoxy) is 1. The number of benzene rings is 1. The minimum absolute atomic E-state index is 0.174. The molecule has 0 aliphatic carbocycles. The maximum absolute atomic E-state index is 11.2. The molecule has 0 unspecified atom stereocenters. The number of rotatable bonds is 3. The number of hydrogen-bond donors (Lipinski definition) is 1. The monoisotopic (exact) mass is 263 g/mol. The molecule has 0 fully saturated rings. The van der Waals surface area contributed by atoms with Gasteiger partial charge in [0.1, 0.15) is 0 Å². The topological polar surface area (TPSA) is 49.8 Å². The lowest BCUT2D eigenvalue weighted by molar-refractivity contribution is -0.0675. The van der Waals surface area contributed by atoms with Crippen molar-refractivity contribution in [1.82, 2.24) is 4.90 Å². The molecule has 1 heterocycles. The molecule has 104 valence electrons. The van der Waals surface area contributed by atoms with Gasteiger partial charge in [-0.2, -0.15) is 0 Å². The van der Waals surface area contributed by atoms with Crippen molar-refractivity contribution >= 4 is 5.97 Å². The van der Waals surface area contributed by atoms with Crippen LogP contribution in [0.4, 0.5) is 0 Å². The standard InChI is InChI=1S/C15H21NO3/c1-15(2,3)19-10-16-8-7-11-5-4-6-12(14(17)18)13(11)9-16/h4-6H,7-10H2,1-3H3,(H,17,18). The fraction of sp³-hybridized carbons (Fsp3) is 0.533. The summed E-state index contributed by atoms with van der Waals surface area (Å²) in [6.45, 7) is 8.16. The Morgan fingerprint density at radius 1 is 1.42 bits per heavy atom. The number of nitrogens with zero attached hydrogens (tertiary/aromatic N) is 1. The van der Waals surface area contributed by atoms with Crippen LogP contribution in [0.15, 0.2) is 18.2 Å². The molecule has 0 spiro atoms. The molecule has 0 radical (unpaired) electrons. The lowest BCUT2D eigenvalue weighted by Gasteiger charge is -2.32. The Morgan fingerprint density at radius 2 is 2.16 bits per heavy atom. The zero-order valence-electron chi connectivity index (χ0n) is 11.8. The van der Waals surface area contributed by atoms with Gasteiger partial charge in [0.2, 0.25) is 0 Å². The van der Waals surface area contributed by atoms with Gasteiger partial charge in [-0.05, 0) is 44.4 Å². The average Bonchev–Trinajstić information content (AvgIpc) is 2.34. The minimum atomic E-state index is -0.851. The summed E-state index contributed by atoms with van der Waals surface area (Å²) in [5, 5.41) is 9.24. The number of carbonyl (C=O) groups is 1. The smallest absolute Gasteiger partial charge is 0.336 e. The molecule has 4 nitrogen and oxygen atoms in total. The molecule has 0 saturated heterocycles. The van der Waals surface area contributed by atoms with Crippen molar-refractivity contribution in [2.75, 3.05) is 13.3 Å². The molecule has 1 aromatic rings. The second-order valence-electron chi connectivity index (χ2n) is 5.94. The molecule has 4 heteroatoms. The Kier molecular flexibility index (Phi) is 3.92. The quantitative estimate of drug-likeness (QED) is 0.910. The van der Waals surface area contributed by atoms with Gasteiger partial charge < -0.3 is 9.84 Å². The summed E-state index contributed by atoms with van der Waals surface area (Å²) in [6, 6.07) is 5.52. The molecule has 0 saturated carbocycles. The van der Waals surface area contributed by atoms with Crippen LogP contribution >= 0.6 is 0 Å². The Balaban J connectivity index is 2.12. The van der Waals surface area contributed by atoms with E-state index in [9.17, 15) is 9.90 Å². The largest absolute Gasteiger partial charge is 0.478 e. The number of carboxylic acid groups (broad SMARTS) is 1. The van der Waals surface area contributed by atoms with Crippen molar-refractivity contribution in [2.24, 2.45) is 0 Å². The lowest BCUT2D eigenvalue weighted by Crippen LogP contribution is -2.36. The van der Waals surface area contributed by atoms with Crippen LogP contribution in [0, 0.1) is 0 Å². The van der Waals surface area contributed by atoms with E-state index in [1.54, 1.807) is 6.07 Å². The molecule has 0 atom stereocenters. The zero-order chi connectivity index (χ0) is 14.0. The molecule has 19 heavy (non-hydrogen) atoms. The average molecular weight is 263 g/mol. The van der Waals surface area contributed by atoms with E-state index in [2.05, 4.69) is 4.90 Å². The molecular weight excluding hydrogens is 242 g/mol. The van der Waals surface area contributed by atoms with Gasteiger partial charge >= 0.3 is 5.97 Å². The van der Waals surface area contributed by atoms with Gasteiger partial charge in [-0.25, -0.2) is 4.79 Å². The first-order chi connectivity index (χ1) is 8.87. The highest BCUT2D eigenvalue weighted by Crippen LogP contribution is 2.23. The Morgan fingerprint density at radius 3 is 2.79 bits per heavy atom. The third kappa shape index (κ3) is 3.55. The van der Waals surface area contributed by atoms with Crippen molar-refractivity contribution in [2.45, 2.75) is 39.3 Å². The SMILES string of the molecule is CC(C)(C)OCN1CCc2cccc(C(=O)O)c2C1. The molecule has 2 rings (SSSR count). The van der Waals surface area contributed by atoms with Crippen molar-refractivity contribution < 1.29 is 14.6 Å². The second kappa shape index (κ2) is 5.31. The zero-order valence-corrected chi connectivity index (χ0v) is 11.8. The van der Waals surface area contributed by atoms with Gasteiger partial charge in [0, 0.05) is 13.1 Å². The Bertz CT molecular complexity index is 477. The van der Waals surface area contributed by atoms with Gasteiger partial charge in [-0.15, -0.1) is 0 Å². The summed E-state index contributed by atoms with van der Waals surface area (Å²) in [7, 11) is 0. The van der Waals surface area contributed by atoms with Crippen LogP contribution in [-0.2, 0) is 17.7 Å². The van der Waals surface area contributed by atoms with Crippen molar-refractivity contribution in [3.05, 3.63) is 34.9 Å². The Hall–Kier alpha value is -1.39. The molecule has 1 aliphatic heterocycles. The maximum Gasteiger partial charge on any atom is 0.336 e. The number of carboxylic acids is 1. The van der Waals surface area contributed by atoms with Crippen LogP contribution in [-0.4, -0.2) is 34.9 Å². The van der Waals surface area contributed by atoms with E-state index in [0.29, 0.717) is 18.8 Å². The fourth-order valence-corrected chi connectivity index (χ4v) is 2.23. The minimum Gasteiger partial charge on any atom is -0.478 e. The second-order valence-corrected chi connectivity index (χ2v) is 5.94. The number of hydrogen-bond acceptors (Lipinski definition) is 3. The summed E-state index contributed by atoms with van der Waals surface area (Å²) in [5.41, 5.74) is 2.32. The van der Waals surface area contributed by atoms with Crippen LogP contribution in [0.5, 0.6) is 0 Å². The fourth-order valence-electron chi connectivity index (χ4n) is 2.23. The molecule has 1 aliphatic rings. The van der Waals surface area contributed by atoms with E-state index in [0.717, 1.165) is 24.1 Å². The van der Waals surface area contributed by atoms with Crippen LogP contribution < -0.4 is 0 Å². The van der Waals surface area contributed by atoms with Gasteiger partial charge in [0.05, 0.1) is 17.9 Å². The summed E-state index contributed by atoms with van der Waals surface area (Å²) in [6.07, 6.45) is 0.879. The van der Waals surface area contributed by atoms with Gasteiger partial charge in [-0.1, -0.05) is 12.1 Å². The summed E-state index contributed by atoms with van der Waals surface area (Å²) in [5.74, 6) is -0.851. The summed E-state index contributed by atoms with van der Waals surface area (Å²) >= 11 is 0. The predicted molar refractivity (Wildman–Crippen MR) is 73.2 cm³/mol. The first kappa shape index (κ1) is 14.0. The van der Waals surface area contributed by atoms with E-state index < -0.39 is 5.97 Å².